The monoisotopic (exact) mass is 108 g/mol. The predicted octanol–water partition coefficient (Wildman–Crippen LogP) is 0.817. The van der Waals surface area contributed by atoms with Gasteiger partial charge in [0.25, 0.3) is 0 Å². The van der Waals surface area contributed by atoms with Gasteiger partial charge in [-0.15, -0.1) is 0 Å². The number of rotatable bonds is 0. The number of hydrogen-bond acceptors (Lipinski definition) is 2. The lowest BCUT2D eigenvalue weighted by molar-refractivity contribution is 1.25. The quantitative estimate of drug-likeness (QED) is 0.490. The summed E-state index contributed by atoms with van der Waals surface area (Å²) in [5, 5.41) is 0. The third kappa shape index (κ3) is 0.964. The maximum absolute atomic E-state index is 5.22. The average Bonchev–Trinajstić information content (AvgIpc) is 1.90. The van der Waals surface area contributed by atoms with Crippen molar-refractivity contribution in [3.63, 3.8) is 0 Å². The van der Waals surface area contributed by atoms with E-state index in [-0.39, 0.29) is 0 Å². The minimum Gasteiger partial charge on any atom is -0.404 e. The topological polar surface area (TPSA) is 38.4 Å². The third-order valence-electron chi connectivity index (χ3n) is 0.999. The highest BCUT2D eigenvalue weighted by molar-refractivity contribution is 5.80. The highest BCUT2D eigenvalue weighted by atomic mass is 14.7. The van der Waals surface area contributed by atoms with Crippen LogP contribution in [-0.2, 0) is 0 Å². The summed E-state index contributed by atoms with van der Waals surface area (Å²) in [6, 6.07) is 0. The molecule has 1 heterocycles. The van der Waals surface area contributed by atoms with E-state index in [0.29, 0.717) is 0 Å². The number of nitrogens with zero attached hydrogens (tertiary/aromatic N) is 1. The Balaban J connectivity index is 2.66. The highest BCUT2D eigenvalue weighted by Gasteiger charge is 1.89. The number of nitrogens with two attached hydrogens (primary N) is 1. The van der Waals surface area contributed by atoms with E-state index in [1.54, 1.807) is 18.6 Å². The Labute approximate surface area is 48.4 Å². The van der Waals surface area contributed by atoms with Crippen molar-refractivity contribution >= 4 is 6.21 Å². The van der Waals surface area contributed by atoms with E-state index in [4.69, 9.17) is 5.73 Å². The Morgan fingerprint density at radius 3 is 3.00 bits per heavy atom. The van der Waals surface area contributed by atoms with Crippen molar-refractivity contribution in [2.24, 2.45) is 10.7 Å². The minimum atomic E-state index is 0.917. The molecule has 0 radical (unpaired) electrons. The molecule has 8 heavy (non-hydrogen) atoms. The zero-order valence-electron chi connectivity index (χ0n) is 4.54. The standard InChI is InChI=1S/C6H8N2/c7-4-6-2-1-3-8-5-6/h1,3-5H,2,7H2. The van der Waals surface area contributed by atoms with Crippen LogP contribution in [-0.4, -0.2) is 6.21 Å². The van der Waals surface area contributed by atoms with E-state index in [2.05, 4.69) is 4.99 Å². The number of hydrogen-bond donors (Lipinski definition) is 1. The van der Waals surface area contributed by atoms with Gasteiger partial charge in [0.05, 0.1) is 0 Å². The molecule has 1 aliphatic heterocycles. The summed E-state index contributed by atoms with van der Waals surface area (Å²) in [6.07, 6.45) is 8.00. The van der Waals surface area contributed by atoms with Crippen LogP contribution in [0.5, 0.6) is 0 Å². The van der Waals surface area contributed by atoms with E-state index < -0.39 is 0 Å². The van der Waals surface area contributed by atoms with Crippen molar-refractivity contribution < 1.29 is 0 Å². The van der Waals surface area contributed by atoms with E-state index >= 15 is 0 Å². The summed E-state index contributed by atoms with van der Waals surface area (Å²) in [5.74, 6) is 0. The maximum Gasteiger partial charge on any atom is 0.0317 e. The lowest BCUT2D eigenvalue weighted by Crippen LogP contribution is -1.91. The fourth-order valence-electron chi connectivity index (χ4n) is 0.552. The molecule has 0 aromatic heterocycles. The van der Waals surface area contributed by atoms with Gasteiger partial charge in [0, 0.05) is 12.4 Å². The molecule has 0 atom stereocenters. The van der Waals surface area contributed by atoms with Crippen LogP contribution in [0.2, 0.25) is 0 Å². The second-order valence-electron chi connectivity index (χ2n) is 1.61. The van der Waals surface area contributed by atoms with Crippen molar-refractivity contribution in [3.05, 3.63) is 24.0 Å². The van der Waals surface area contributed by atoms with Gasteiger partial charge in [-0.2, -0.15) is 0 Å². The van der Waals surface area contributed by atoms with Crippen LogP contribution in [0, 0.1) is 0 Å². The van der Waals surface area contributed by atoms with Crippen LogP contribution in [0.1, 0.15) is 6.42 Å². The zero-order valence-corrected chi connectivity index (χ0v) is 4.54. The van der Waals surface area contributed by atoms with E-state index in [1.165, 1.54) is 0 Å². The molecule has 0 aliphatic carbocycles. The van der Waals surface area contributed by atoms with Crippen molar-refractivity contribution in [2.45, 2.75) is 6.42 Å². The van der Waals surface area contributed by atoms with Crippen molar-refractivity contribution in [2.75, 3.05) is 0 Å². The van der Waals surface area contributed by atoms with Gasteiger partial charge in [-0.3, -0.25) is 4.99 Å². The molecule has 2 N–H and O–H groups in total. The van der Waals surface area contributed by atoms with Crippen LogP contribution in [0.25, 0.3) is 0 Å². The van der Waals surface area contributed by atoms with E-state index in [1.807, 2.05) is 6.08 Å². The first-order valence-corrected chi connectivity index (χ1v) is 2.52. The molecule has 0 bridgehead atoms. The lowest BCUT2D eigenvalue weighted by atomic mass is 10.2. The molecule has 0 saturated heterocycles. The molecule has 0 spiro atoms. The molecular formula is C6H8N2. The predicted molar refractivity (Wildman–Crippen MR) is 34.5 cm³/mol. The summed E-state index contributed by atoms with van der Waals surface area (Å²) in [5.41, 5.74) is 6.29. The SMILES string of the molecule is NC=C1C=NC=CC1. The second-order valence-corrected chi connectivity index (χ2v) is 1.61. The van der Waals surface area contributed by atoms with Gasteiger partial charge in [-0.1, -0.05) is 6.08 Å². The first-order chi connectivity index (χ1) is 3.93. The van der Waals surface area contributed by atoms with E-state index in [9.17, 15) is 0 Å². The first-order valence-electron chi connectivity index (χ1n) is 2.52. The normalized spacial score (nSPS) is 22.2. The minimum absolute atomic E-state index is 0.917. The van der Waals surface area contributed by atoms with Gasteiger partial charge >= 0.3 is 0 Å². The van der Waals surface area contributed by atoms with Crippen molar-refractivity contribution in [1.29, 1.82) is 0 Å². The molecule has 2 heteroatoms. The number of allylic oxidation sites excluding steroid dienone is 2. The molecule has 0 saturated carbocycles. The molecule has 42 valence electrons. The molecule has 0 fully saturated rings. The van der Waals surface area contributed by atoms with E-state index in [0.717, 1.165) is 12.0 Å². The maximum atomic E-state index is 5.22. The fraction of sp³-hybridized carbons (Fsp3) is 0.167. The smallest absolute Gasteiger partial charge is 0.0317 e. The van der Waals surface area contributed by atoms with Crippen LogP contribution in [0.15, 0.2) is 29.0 Å². The molecule has 1 rings (SSSR count). The largest absolute Gasteiger partial charge is 0.404 e. The Morgan fingerprint density at radius 2 is 2.62 bits per heavy atom. The molecule has 1 aliphatic rings. The summed E-state index contributed by atoms with van der Waals surface area (Å²) < 4.78 is 0. The summed E-state index contributed by atoms with van der Waals surface area (Å²) in [4.78, 5) is 3.88. The summed E-state index contributed by atoms with van der Waals surface area (Å²) in [7, 11) is 0. The third-order valence-corrected chi connectivity index (χ3v) is 0.999. The van der Waals surface area contributed by atoms with Gasteiger partial charge in [0.1, 0.15) is 0 Å². The Kier molecular flexibility index (Phi) is 1.47. The van der Waals surface area contributed by atoms with Crippen LogP contribution in [0.3, 0.4) is 0 Å². The Bertz CT molecular complexity index is 154. The first kappa shape index (κ1) is 5.09. The van der Waals surface area contributed by atoms with Gasteiger partial charge in [-0.05, 0) is 18.2 Å². The van der Waals surface area contributed by atoms with Gasteiger partial charge in [0.2, 0.25) is 0 Å². The van der Waals surface area contributed by atoms with Crippen LogP contribution < -0.4 is 5.73 Å². The van der Waals surface area contributed by atoms with Crippen LogP contribution in [0.4, 0.5) is 0 Å². The fourth-order valence-corrected chi connectivity index (χ4v) is 0.552. The molecule has 0 unspecified atom stereocenters. The molecule has 0 aromatic rings. The Hall–Kier alpha value is -1.05. The molecule has 2 nitrogen and oxygen atoms in total. The van der Waals surface area contributed by atoms with Gasteiger partial charge in [-0.25, -0.2) is 0 Å². The average molecular weight is 108 g/mol. The second kappa shape index (κ2) is 2.31. The van der Waals surface area contributed by atoms with Crippen molar-refractivity contribution in [3.8, 4) is 0 Å². The lowest BCUT2D eigenvalue weighted by Gasteiger charge is -1.96. The van der Waals surface area contributed by atoms with Gasteiger partial charge < -0.3 is 5.73 Å². The Morgan fingerprint density at radius 1 is 1.75 bits per heavy atom. The van der Waals surface area contributed by atoms with Crippen LogP contribution >= 0.6 is 0 Å². The zero-order chi connectivity index (χ0) is 5.82. The summed E-state index contributed by atoms with van der Waals surface area (Å²) in [6.45, 7) is 0. The summed E-state index contributed by atoms with van der Waals surface area (Å²) >= 11 is 0. The molecular weight excluding hydrogens is 100 g/mol. The molecule has 0 amide bonds. The molecule has 0 aromatic carbocycles. The highest BCUT2D eigenvalue weighted by Crippen LogP contribution is 2.01. The number of aliphatic imine (C=N–C) groups is 1. The van der Waals surface area contributed by atoms with Gasteiger partial charge in [0.15, 0.2) is 0 Å². The van der Waals surface area contributed by atoms with Crippen molar-refractivity contribution in [1.82, 2.24) is 0 Å².